The molecule has 8 heteroatoms. The normalized spacial score (nSPS) is 14.7. The summed E-state index contributed by atoms with van der Waals surface area (Å²) in [6.45, 7) is 12.2. The molecule has 0 bridgehead atoms. The lowest BCUT2D eigenvalue weighted by Crippen LogP contribution is -2.39. The first-order valence-corrected chi connectivity index (χ1v) is 9.46. The van der Waals surface area contributed by atoms with E-state index in [1.807, 2.05) is 11.8 Å². The zero-order valence-corrected chi connectivity index (χ0v) is 16.1. The van der Waals surface area contributed by atoms with E-state index < -0.39 is 0 Å². The Morgan fingerprint density at radius 2 is 2.00 bits per heavy atom. The van der Waals surface area contributed by atoms with E-state index >= 15 is 0 Å². The van der Waals surface area contributed by atoms with Crippen LogP contribution in [-0.2, 0) is 16.0 Å². The van der Waals surface area contributed by atoms with Crippen molar-refractivity contribution in [3.05, 3.63) is 21.6 Å². The molecule has 0 unspecified atom stereocenters. The van der Waals surface area contributed by atoms with Gasteiger partial charge in [0.2, 0.25) is 11.9 Å². The number of ether oxygens (including phenoxy) is 1. The average Bonchev–Trinajstić information content (AvgIpc) is 2.65. The van der Waals surface area contributed by atoms with Crippen LogP contribution in [0.4, 0.5) is 5.95 Å². The standard InChI is InChI=1S/C18H31N5O3/c1-4-22(5-2)9-8-19-16(24)7-6-15-14(3)20-18(21-17(15)25)23-10-12-26-13-11-23/h4-13H2,1-3H3,(H,19,24)(H,20,21,25). The van der Waals surface area contributed by atoms with Crippen molar-refractivity contribution in [2.75, 3.05) is 57.4 Å². The van der Waals surface area contributed by atoms with Gasteiger partial charge in [0.1, 0.15) is 0 Å². The van der Waals surface area contributed by atoms with E-state index in [2.05, 4.69) is 34.0 Å². The summed E-state index contributed by atoms with van der Waals surface area (Å²) in [5.74, 6) is 0.552. The van der Waals surface area contributed by atoms with E-state index in [0.29, 0.717) is 49.8 Å². The Hall–Kier alpha value is -1.93. The van der Waals surface area contributed by atoms with Crippen LogP contribution < -0.4 is 15.8 Å². The molecule has 2 rings (SSSR count). The molecule has 1 aromatic rings. The highest BCUT2D eigenvalue weighted by molar-refractivity contribution is 5.76. The number of nitrogens with one attached hydrogen (secondary N) is 2. The van der Waals surface area contributed by atoms with Gasteiger partial charge in [0.05, 0.1) is 13.2 Å². The number of aromatic amines is 1. The molecule has 0 spiro atoms. The number of morpholine rings is 1. The zero-order valence-electron chi connectivity index (χ0n) is 16.1. The van der Waals surface area contributed by atoms with E-state index in [1.54, 1.807) is 0 Å². The van der Waals surface area contributed by atoms with Crippen molar-refractivity contribution < 1.29 is 9.53 Å². The molecule has 1 aliphatic rings. The molecular weight excluding hydrogens is 334 g/mol. The topological polar surface area (TPSA) is 90.6 Å². The molecule has 26 heavy (non-hydrogen) atoms. The molecule has 2 N–H and O–H groups in total. The van der Waals surface area contributed by atoms with Crippen molar-refractivity contribution in [1.82, 2.24) is 20.2 Å². The van der Waals surface area contributed by atoms with Gasteiger partial charge >= 0.3 is 0 Å². The number of anilines is 1. The summed E-state index contributed by atoms with van der Waals surface area (Å²) in [7, 11) is 0. The number of hydrogen-bond donors (Lipinski definition) is 2. The first-order chi connectivity index (χ1) is 12.5. The van der Waals surface area contributed by atoms with Crippen molar-refractivity contribution in [1.29, 1.82) is 0 Å². The van der Waals surface area contributed by atoms with Gasteiger partial charge in [-0.05, 0) is 26.4 Å². The van der Waals surface area contributed by atoms with Gasteiger partial charge in [-0.15, -0.1) is 0 Å². The van der Waals surface area contributed by atoms with Crippen molar-refractivity contribution in [3.8, 4) is 0 Å². The Morgan fingerprint density at radius 3 is 2.62 bits per heavy atom. The minimum atomic E-state index is -0.157. The van der Waals surface area contributed by atoms with Crippen molar-refractivity contribution >= 4 is 11.9 Å². The van der Waals surface area contributed by atoms with Crippen LogP contribution in [0.15, 0.2) is 4.79 Å². The van der Waals surface area contributed by atoms with Crippen LogP contribution in [0.25, 0.3) is 0 Å². The third-order valence-electron chi connectivity index (χ3n) is 4.77. The maximum Gasteiger partial charge on any atom is 0.255 e. The molecule has 0 atom stereocenters. The quantitative estimate of drug-likeness (QED) is 0.654. The highest BCUT2D eigenvalue weighted by Gasteiger charge is 2.16. The fraction of sp³-hybridized carbons (Fsp3) is 0.722. The van der Waals surface area contributed by atoms with E-state index in [4.69, 9.17) is 4.74 Å². The Bertz CT molecular complexity index is 636. The van der Waals surface area contributed by atoms with Crippen LogP contribution in [0.3, 0.4) is 0 Å². The number of nitrogens with zero attached hydrogens (tertiary/aromatic N) is 3. The second kappa shape index (κ2) is 10.3. The molecule has 1 aliphatic heterocycles. The van der Waals surface area contributed by atoms with E-state index in [1.165, 1.54) is 0 Å². The van der Waals surface area contributed by atoms with Gasteiger partial charge in [0.15, 0.2) is 0 Å². The summed E-state index contributed by atoms with van der Waals surface area (Å²) in [4.78, 5) is 36.1. The van der Waals surface area contributed by atoms with Gasteiger partial charge in [-0.1, -0.05) is 13.8 Å². The van der Waals surface area contributed by atoms with Gasteiger partial charge in [0, 0.05) is 43.9 Å². The Balaban J connectivity index is 1.87. The van der Waals surface area contributed by atoms with Crippen LogP contribution in [-0.4, -0.2) is 73.3 Å². The predicted molar refractivity (Wildman–Crippen MR) is 102 cm³/mol. The molecule has 1 aromatic heterocycles. The van der Waals surface area contributed by atoms with Crippen LogP contribution in [0.1, 0.15) is 31.5 Å². The van der Waals surface area contributed by atoms with Crippen LogP contribution in [0.5, 0.6) is 0 Å². The number of H-pyrrole nitrogens is 1. The van der Waals surface area contributed by atoms with Crippen LogP contribution in [0.2, 0.25) is 0 Å². The van der Waals surface area contributed by atoms with Crippen LogP contribution >= 0.6 is 0 Å². The molecule has 8 nitrogen and oxygen atoms in total. The van der Waals surface area contributed by atoms with Gasteiger partial charge in [0.25, 0.3) is 5.56 Å². The highest BCUT2D eigenvalue weighted by Crippen LogP contribution is 2.11. The van der Waals surface area contributed by atoms with Crippen molar-refractivity contribution in [2.24, 2.45) is 0 Å². The maximum atomic E-state index is 12.4. The fourth-order valence-corrected chi connectivity index (χ4v) is 3.04. The van der Waals surface area contributed by atoms with Gasteiger partial charge in [-0.25, -0.2) is 4.98 Å². The number of aryl methyl sites for hydroxylation is 1. The summed E-state index contributed by atoms with van der Waals surface area (Å²) in [5.41, 5.74) is 1.11. The lowest BCUT2D eigenvalue weighted by atomic mass is 10.1. The number of carbonyl (C=O) groups is 1. The molecule has 0 radical (unpaired) electrons. The monoisotopic (exact) mass is 365 g/mol. The second-order valence-corrected chi connectivity index (χ2v) is 6.43. The lowest BCUT2D eigenvalue weighted by Gasteiger charge is -2.27. The maximum absolute atomic E-state index is 12.4. The van der Waals surface area contributed by atoms with E-state index in [-0.39, 0.29) is 11.5 Å². The number of amides is 1. The Morgan fingerprint density at radius 1 is 1.31 bits per heavy atom. The van der Waals surface area contributed by atoms with Crippen molar-refractivity contribution in [3.63, 3.8) is 0 Å². The van der Waals surface area contributed by atoms with Crippen molar-refractivity contribution in [2.45, 2.75) is 33.6 Å². The predicted octanol–water partition coefficient (Wildman–Crippen LogP) is 0.306. The molecular formula is C18H31N5O3. The molecule has 0 aromatic carbocycles. The molecule has 0 saturated carbocycles. The molecule has 1 amide bonds. The Kier molecular flexibility index (Phi) is 8.06. The highest BCUT2D eigenvalue weighted by atomic mass is 16.5. The Labute approximate surface area is 154 Å². The van der Waals surface area contributed by atoms with Gasteiger partial charge in [-0.3, -0.25) is 14.6 Å². The summed E-state index contributed by atoms with van der Waals surface area (Å²) < 4.78 is 5.32. The minimum absolute atomic E-state index is 0.0341. The summed E-state index contributed by atoms with van der Waals surface area (Å²) in [5, 5.41) is 2.92. The molecule has 2 heterocycles. The average molecular weight is 365 g/mol. The summed E-state index contributed by atoms with van der Waals surface area (Å²) >= 11 is 0. The SMILES string of the molecule is CCN(CC)CCNC(=O)CCc1c(C)nc(N2CCOCC2)[nH]c1=O. The lowest BCUT2D eigenvalue weighted by molar-refractivity contribution is -0.121. The summed E-state index contributed by atoms with van der Waals surface area (Å²) in [6.07, 6.45) is 0.690. The number of carbonyl (C=O) groups excluding carboxylic acids is 1. The van der Waals surface area contributed by atoms with Crippen LogP contribution in [0, 0.1) is 6.92 Å². The third kappa shape index (κ3) is 5.81. The number of hydrogen-bond acceptors (Lipinski definition) is 6. The molecule has 0 aliphatic carbocycles. The number of rotatable bonds is 9. The first-order valence-electron chi connectivity index (χ1n) is 9.46. The zero-order chi connectivity index (χ0) is 18.9. The second-order valence-electron chi connectivity index (χ2n) is 6.43. The summed E-state index contributed by atoms with van der Waals surface area (Å²) in [6, 6.07) is 0. The largest absolute Gasteiger partial charge is 0.378 e. The molecule has 1 saturated heterocycles. The molecule has 146 valence electrons. The smallest absolute Gasteiger partial charge is 0.255 e. The van der Waals surface area contributed by atoms with Gasteiger partial charge in [-0.2, -0.15) is 0 Å². The number of likely N-dealkylation sites (N-methyl/N-ethyl adjacent to an activating group) is 1. The fourth-order valence-electron chi connectivity index (χ4n) is 3.04. The minimum Gasteiger partial charge on any atom is -0.378 e. The van der Waals surface area contributed by atoms with E-state index in [0.717, 1.165) is 32.7 Å². The van der Waals surface area contributed by atoms with Gasteiger partial charge < -0.3 is 19.9 Å². The third-order valence-corrected chi connectivity index (χ3v) is 4.77. The van der Waals surface area contributed by atoms with E-state index in [9.17, 15) is 9.59 Å². The molecule has 1 fully saturated rings. The number of aromatic nitrogens is 2. The first kappa shape index (κ1) is 20.4.